The maximum atomic E-state index is 14.1. The molecule has 3 heterocycles. The van der Waals surface area contributed by atoms with E-state index in [0.717, 1.165) is 38.0 Å². The fourth-order valence-corrected chi connectivity index (χ4v) is 6.35. The number of non-ortho nitro benzene ring substituents is 1. The van der Waals surface area contributed by atoms with Crippen molar-refractivity contribution in [3.05, 3.63) is 94.7 Å². The summed E-state index contributed by atoms with van der Waals surface area (Å²) in [4.78, 5) is 45.6. The van der Waals surface area contributed by atoms with Crippen molar-refractivity contribution >= 4 is 34.8 Å². The summed E-state index contributed by atoms with van der Waals surface area (Å²) in [6.07, 6.45) is 4.91. The third-order valence-electron chi connectivity index (χ3n) is 7.16. The molecule has 11 heteroatoms. The lowest BCUT2D eigenvalue weighted by molar-refractivity contribution is -0.384. The van der Waals surface area contributed by atoms with Crippen molar-refractivity contribution in [2.75, 3.05) is 31.7 Å². The van der Waals surface area contributed by atoms with E-state index < -0.39 is 16.9 Å². The second-order valence-corrected chi connectivity index (χ2v) is 10.6. The maximum Gasteiger partial charge on any atom is 0.338 e. The van der Waals surface area contributed by atoms with Gasteiger partial charge in [0, 0.05) is 42.0 Å². The first-order chi connectivity index (χ1) is 19.3. The standard InChI is InChI=1S/C29H30N4O6S/c1-4-39-28(35)25-18(2)30-29-32(26(25)21-10-6-7-11-23(21)38-3)27(34)24(40-29)17-19-16-20(33(36)37)12-13-22(19)31-14-8-5-9-15-31/h6-7,10-13,16-17,26H,4-5,8-9,14-15H2,1-3H3/b24-17-. The van der Waals surface area contributed by atoms with Crippen molar-refractivity contribution in [3.63, 3.8) is 0 Å². The number of para-hydroxylation sites is 1. The van der Waals surface area contributed by atoms with Crippen LogP contribution in [0, 0.1) is 10.1 Å². The van der Waals surface area contributed by atoms with Crippen LogP contribution in [0.1, 0.15) is 50.3 Å². The van der Waals surface area contributed by atoms with E-state index in [0.29, 0.717) is 31.9 Å². The minimum absolute atomic E-state index is 0.0490. The molecule has 0 bridgehead atoms. The highest BCUT2D eigenvalue weighted by molar-refractivity contribution is 7.07. The van der Waals surface area contributed by atoms with Crippen LogP contribution < -0.4 is 24.5 Å². The van der Waals surface area contributed by atoms with Gasteiger partial charge in [-0.1, -0.05) is 29.5 Å². The molecular formula is C29H30N4O6S. The molecule has 5 rings (SSSR count). The number of benzene rings is 2. The van der Waals surface area contributed by atoms with Crippen LogP contribution in [0.2, 0.25) is 0 Å². The number of thiazole rings is 1. The summed E-state index contributed by atoms with van der Waals surface area (Å²) < 4.78 is 12.8. The van der Waals surface area contributed by atoms with Crippen LogP contribution in [0.25, 0.3) is 6.08 Å². The number of nitro groups is 1. The number of hydrogen-bond acceptors (Lipinski definition) is 9. The quantitative estimate of drug-likeness (QED) is 0.245. The van der Waals surface area contributed by atoms with Crippen molar-refractivity contribution < 1.29 is 19.2 Å². The Balaban J connectivity index is 1.74. The molecule has 40 heavy (non-hydrogen) atoms. The van der Waals surface area contributed by atoms with Gasteiger partial charge in [-0.05, 0) is 51.3 Å². The lowest BCUT2D eigenvalue weighted by Crippen LogP contribution is -2.40. The van der Waals surface area contributed by atoms with Gasteiger partial charge < -0.3 is 14.4 Å². The smallest absolute Gasteiger partial charge is 0.338 e. The zero-order chi connectivity index (χ0) is 28.4. The van der Waals surface area contributed by atoms with Crippen LogP contribution in [0.3, 0.4) is 0 Å². The van der Waals surface area contributed by atoms with E-state index in [1.54, 1.807) is 32.1 Å². The van der Waals surface area contributed by atoms with Crippen molar-refractivity contribution in [3.8, 4) is 5.75 Å². The van der Waals surface area contributed by atoms with E-state index in [4.69, 9.17) is 9.47 Å². The summed E-state index contributed by atoms with van der Waals surface area (Å²) in [5.74, 6) is -0.0374. The summed E-state index contributed by atoms with van der Waals surface area (Å²) in [6, 6.07) is 11.2. The van der Waals surface area contributed by atoms with Crippen LogP contribution in [0.15, 0.2) is 63.5 Å². The number of methoxy groups -OCH3 is 1. The fraction of sp³-hybridized carbons (Fsp3) is 0.345. The van der Waals surface area contributed by atoms with Crippen LogP contribution in [0.4, 0.5) is 11.4 Å². The Kier molecular flexibility index (Phi) is 7.83. The third kappa shape index (κ3) is 5.04. The Labute approximate surface area is 234 Å². The van der Waals surface area contributed by atoms with Gasteiger partial charge >= 0.3 is 5.97 Å². The molecule has 0 saturated carbocycles. The molecule has 1 fully saturated rings. The number of esters is 1. The molecule has 0 radical (unpaired) electrons. The molecule has 0 aliphatic carbocycles. The molecule has 2 aliphatic rings. The number of nitrogens with zero attached hydrogens (tertiary/aromatic N) is 4. The third-order valence-corrected chi connectivity index (χ3v) is 8.14. The summed E-state index contributed by atoms with van der Waals surface area (Å²) in [5, 5.41) is 11.6. The zero-order valence-corrected chi connectivity index (χ0v) is 23.4. The van der Waals surface area contributed by atoms with E-state index in [-0.39, 0.29) is 23.4 Å². The Hall–Kier alpha value is -4.25. The van der Waals surface area contributed by atoms with E-state index in [9.17, 15) is 19.7 Å². The SMILES string of the molecule is CCOC(=O)C1=C(C)N=c2s/c(=C\c3cc([N+](=O)[O-])ccc3N3CCCCC3)c(=O)n2C1c1ccccc1OC. The van der Waals surface area contributed by atoms with Gasteiger partial charge in [0.05, 0.1) is 34.4 Å². The minimum atomic E-state index is -0.819. The second-order valence-electron chi connectivity index (χ2n) is 9.59. The molecule has 1 atom stereocenters. The molecule has 3 aromatic rings. The van der Waals surface area contributed by atoms with E-state index in [1.165, 1.54) is 35.1 Å². The Bertz CT molecular complexity index is 1680. The van der Waals surface area contributed by atoms with Gasteiger partial charge in [-0.2, -0.15) is 0 Å². The highest BCUT2D eigenvalue weighted by Crippen LogP contribution is 2.36. The molecule has 0 amide bonds. The van der Waals surface area contributed by atoms with E-state index >= 15 is 0 Å². The lowest BCUT2D eigenvalue weighted by Gasteiger charge is -2.30. The molecule has 10 nitrogen and oxygen atoms in total. The molecule has 2 aliphatic heterocycles. The molecular weight excluding hydrogens is 532 g/mol. The number of allylic oxidation sites excluding steroid dienone is 1. The number of hydrogen-bond donors (Lipinski definition) is 0. The summed E-state index contributed by atoms with van der Waals surface area (Å²) in [6.45, 7) is 5.30. The topological polar surface area (TPSA) is 116 Å². The molecule has 0 spiro atoms. The Morgan fingerprint density at radius 1 is 1.20 bits per heavy atom. The number of ether oxygens (including phenoxy) is 2. The molecule has 1 aromatic heterocycles. The predicted octanol–water partition coefficient (Wildman–Crippen LogP) is 3.71. The summed E-state index contributed by atoms with van der Waals surface area (Å²) >= 11 is 1.18. The van der Waals surface area contributed by atoms with Crippen LogP contribution in [-0.2, 0) is 9.53 Å². The van der Waals surface area contributed by atoms with Crippen LogP contribution in [0.5, 0.6) is 5.75 Å². The second kappa shape index (κ2) is 11.5. The largest absolute Gasteiger partial charge is 0.496 e. The number of rotatable bonds is 7. The van der Waals surface area contributed by atoms with E-state index in [1.807, 2.05) is 18.2 Å². The number of piperidine rings is 1. The van der Waals surface area contributed by atoms with Crippen molar-refractivity contribution in [1.29, 1.82) is 0 Å². The normalized spacial score (nSPS) is 17.3. The first-order valence-corrected chi connectivity index (χ1v) is 14.0. The molecule has 2 aromatic carbocycles. The average Bonchev–Trinajstić information content (AvgIpc) is 3.26. The van der Waals surface area contributed by atoms with Crippen molar-refractivity contribution in [1.82, 2.24) is 4.57 Å². The predicted molar refractivity (Wildman–Crippen MR) is 153 cm³/mol. The van der Waals surface area contributed by atoms with Crippen LogP contribution in [-0.4, -0.2) is 42.3 Å². The van der Waals surface area contributed by atoms with Gasteiger partial charge in [0.15, 0.2) is 4.80 Å². The highest BCUT2D eigenvalue weighted by atomic mass is 32.1. The molecule has 1 saturated heterocycles. The zero-order valence-electron chi connectivity index (χ0n) is 22.6. The number of anilines is 1. The number of nitro benzene ring substituents is 1. The Morgan fingerprint density at radius 3 is 2.65 bits per heavy atom. The molecule has 208 valence electrons. The fourth-order valence-electron chi connectivity index (χ4n) is 5.31. The highest BCUT2D eigenvalue weighted by Gasteiger charge is 2.35. The van der Waals surface area contributed by atoms with Gasteiger partial charge in [-0.25, -0.2) is 9.79 Å². The number of fused-ring (bicyclic) bond motifs is 1. The average molecular weight is 563 g/mol. The van der Waals surface area contributed by atoms with Crippen molar-refractivity contribution in [2.24, 2.45) is 4.99 Å². The lowest BCUT2D eigenvalue weighted by atomic mass is 9.95. The summed E-state index contributed by atoms with van der Waals surface area (Å²) in [7, 11) is 1.54. The number of aromatic nitrogens is 1. The minimum Gasteiger partial charge on any atom is -0.496 e. The van der Waals surface area contributed by atoms with Gasteiger partial charge in [0.1, 0.15) is 11.8 Å². The Morgan fingerprint density at radius 2 is 1.95 bits per heavy atom. The molecule has 0 N–H and O–H groups in total. The number of carbonyl (C=O) groups is 1. The van der Waals surface area contributed by atoms with E-state index in [2.05, 4.69) is 9.89 Å². The van der Waals surface area contributed by atoms with Crippen molar-refractivity contribution in [2.45, 2.75) is 39.2 Å². The van der Waals surface area contributed by atoms with Gasteiger partial charge in [-0.15, -0.1) is 0 Å². The number of carbonyl (C=O) groups excluding carboxylic acids is 1. The van der Waals surface area contributed by atoms with Gasteiger partial charge in [-0.3, -0.25) is 19.5 Å². The van der Waals surface area contributed by atoms with Gasteiger partial charge in [0.25, 0.3) is 11.2 Å². The first-order valence-electron chi connectivity index (χ1n) is 13.2. The molecule has 1 unspecified atom stereocenters. The monoisotopic (exact) mass is 562 g/mol. The van der Waals surface area contributed by atoms with Gasteiger partial charge in [0.2, 0.25) is 0 Å². The first kappa shape index (κ1) is 27.3. The summed E-state index contributed by atoms with van der Waals surface area (Å²) in [5.41, 5.74) is 2.37. The maximum absolute atomic E-state index is 14.1. The van der Waals surface area contributed by atoms with Crippen LogP contribution >= 0.6 is 11.3 Å².